The molecule has 1 aromatic heterocycles. The summed E-state index contributed by atoms with van der Waals surface area (Å²) in [6, 6.07) is 74.8. The van der Waals surface area contributed by atoms with Gasteiger partial charge in [-0.3, -0.25) is 0 Å². The van der Waals surface area contributed by atoms with E-state index in [1.165, 1.54) is 94.3 Å². The van der Waals surface area contributed by atoms with Gasteiger partial charge in [-0.1, -0.05) is 207 Å². The maximum Gasteiger partial charge on any atom is 0.139 e. The Kier molecular flexibility index (Phi) is 9.29. The number of anilines is 3. The van der Waals surface area contributed by atoms with E-state index in [1.54, 1.807) is 0 Å². The molecule has 0 fully saturated rings. The fourth-order valence-corrected chi connectivity index (χ4v) is 11.8. The van der Waals surface area contributed by atoms with Gasteiger partial charge < -0.3 is 9.32 Å². The van der Waals surface area contributed by atoms with Gasteiger partial charge in [-0.15, -0.1) is 0 Å². The van der Waals surface area contributed by atoms with Crippen LogP contribution in [-0.4, -0.2) is 0 Å². The Morgan fingerprint density at radius 1 is 0.426 bits per heavy atom. The molecule has 0 radical (unpaired) electrons. The molecule has 2 heteroatoms. The first-order valence-electron chi connectivity index (χ1n) is 24.3. The van der Waals surface area contributed by atoms with Crippen molar-refractivity contribution in [2.45, 2.75) is 77.0 Å². The third kappa shape index (κ3) is 6.23. The zero-order valence-corrected chi connectivity index (χ0v) is 40.4. The minimum Gasteiger partial charge on any atom is -0.456 e. The molecular weight excluding hydrogens is 823 g/mol. The summed E-state index contributed by atoms with van der Waals surface area (Å²) >= 11 is 0. The van der Waals surface area contributed by atoms with Crippen molar-refractivity contribution in [2.24, 2.45) is 0 Å². The van der Waals surface area contributed by atoms with Gasteiger partial charge in [0.15, 0.2) is 0 Å². The van der Waals surface area contributed by atoms with Crippen LogP contribution >= 0.6 is 0 Å². The first kappa shape index (κ1) is 42.0. The molecule has 0 bridgehead atoms. The van der Waals surface area contributed by atoms with Crippen molar-refractivity contribution in [3.05, 3.63) is 245 Å². The normalized spacial score (nSPS) is 14.4. The first-order valence-corrected chi connectivity index (χ1v) is 24.3. The summed E-state index contributed by atoms with van der Waals surface area (Å²) in [5.74, 6) is 0. The zero-order chi connectivity index (χ0) is 46.7. The molecule has 10 aromatic rings. The van der Waals surface area contributed by atoms with Crippen LogP contribution in [0.25, 0.3) is 55.3 Å². The van der Waals surface area contributed by atoms with Gasteiger partial charge in [0.05, 0.1) is 11.1 Å². The van der Waals surface area contributed by atoms with E-state index in [1.807, 2.05) is 0 Å². The van der Waals surface area contributed by atoms with Crippen LogP contribution in [0.5, 0.6) is 0 Å². The second-order valence-corrected chi connectivity index (χ2v) is 21.7. The third-order valence-corrected chi connectivity index (χ3v) is 15.2. The standard InChI is InChI=1S/C66H57NO/c1-63(2,3)46-38-54-53-40-52-51-29-20-32-59(61(51)65(7,8)57(52)41-60(53)68-62(54)58(39-46)64(4,5)6)67(47-35-33-43(34-36-47)42-21-11-9-12-22-42)48-26-19-25-45(37-48)66(44-23-13-10-14-24-44)55-30-17-15-27-49(55)50-28-16-18-31-56(50)66/h9-41H,1-8H3. The van der Waals surface area contributed by atoms with Crippen molar-refractivity contribution in [1.82, 2.24) is 0 Å². The van der Waals surface area contributed by atoms with Crippen LogP contribution in [0.4, 0.5) is 17.1 Å². The van der Waals surface area contributed by atoms with Gasteiger partial charge in [0.1, 0.15) is 11.2 Å². The van der Waals surface area contributed by atoms with Gasteiger partial charge in [-0.05, 0) is 132 Å². The van der Waals surface area contributed by atoms with Gasteiger partial charge in [-0.25, -0.2) is 0 Å². The number of fused-ring (bicyclic) bond motifs is 9. The highest BCUT2D eigenvalue weighted by atomic mass is 16.3. The second kappa shape index (κ2) is 15.0. The van der Waals surface area contributed by atoms with Crippen molar-refractivity contribution >= 4 is 39.0 Å². The predicted molar refractivity (Wildman–Crippen MR) is 286 cm³/mol. The predicted octanol–water partition coefficient (Wildman–Crippen LogP) is 18.0. The largest absolute Gasteiger partial charge is 0.456 e. The van der Waals surface area contributed by atoms with Crippen LogP contribution in [0.1, 0.15) is 99.9 Å². The maximum atomic E-state index is 7.01. The van der Waals surface area contributed by atoms with Gasteiger partial charge >= 0.3 is 0 Å². The number of hydrogen-bond donors (Lipinski definition) is 0. The quantitative estimate of drug-likeness (QED) is 0.165. The molecule has 332 valence electrons. The molecular formula is C66H57NO. The molecule has 0 atom stereocenters. The van der Waals surface area contributed by atoms with E-state index in [0.29, 0.717) is 0 Å². The van der Waals surface area contributed by atoms with E-state index in [4.69, 9.17) is 4.42 Å². The minimum atomic E-state index is -0.530. The fourth-order valence-electron chi connectivity index (χ4n) is 11.8. The highest BCUT2D eigenvalue weighted by molar-refractivity contribution is 6.09. The zero-order valence-electron chi connectivity index (χ0n) is 40.4. The van der Waals surface area contributed by atoms with Crippen LogP contribution in [0.15, 0.2) is 205 Å². The van der Waals surface area contributed by atoms with E-state index < -0.39 is 5.41 Å². The summed E-state index contributed by atoms with van der Waals surface area (Å²) in [6.45, 7) is 18.6. The summed E-state index contributed by atoms with van der Waals surface area (Å²) in [7, 11) is 0. The number of hydrogen-bond acceptors (Lipinski definition) is 2. The Balaban J connectivity index is 1.09. The third-order valence-electron chi connectivity index (χ3n) is 15.2. The lowest BCUT2D eigenvalue weighted by atomic mass is 9.67. The number of furan rings is 1. The van der Waals surface area contributed by atoms with E-state index in [2.05, 4.69) is 260 Å². The number of rotatable bonds is 6. The smallest absolute Gasteiger partial charge is 0.139 e. The molecule has 0 saturated carbocycles. The molecule has 0 saturated heterocycles. The lowest BCUT2D eigenvalue weighted by molar-refractivity contribution is 0.559. The molecule has 0 N–H and O–H groups in total. The maximum absolute atomic E-state index is 7.01. The van der Waals surface area contributed by atoms with E-state index in [0.717, 1.165) is 22.5 Å². The summed E-state index contributed by atoms with van der Waals surface area (Å²) < 4.78 is 7.01. The summed E-state index contributed by atoms with van der Waals surface area (Å²) in [6.07, 6.45) is 0. The lowest BCUT2D eigenvalue weighted by Gasteiger charge is -2.36. The van der Waals surface area contributed by atoms with Crippen LogP contribution in [0.2, 0.25) is 0 Å². The Morgan fingerprint density at radius 2 is 1.01 bits per heavy atom. The number of nitrogens with zero attached hydrogens (tertiary/aromatic N) is 1. The highest BCUT2D eigenvalue weighted by Gasteiger charge is 2.46. The molecule has 12 rings (SSSR count). The molecule has 0 aliphatic heterocycles. The summed E-state index contributed by atoms with van der Waals surface area (Å²) in [5.41, 5.74) is 22.1. The van der Waals surface area contributed by atoms with Gasteiger partial charge in [-0.2, -0.15) is 0 Å². The molecule has 0 spiro atoms. The minimum absolute atomic E-state index is 0.0106. The SMILES string of the molecule is CC(C)(C)c1cc(C(C)(C)C)c2oc3cc4c(cc3c2c1)-c1cccc(N(c2ccc(-c3ccccc3)cc2)c2cccc(C3(c5ccccc5)c5ccccc5-c5ccccc53)c2)c1C4(C)C. The van der Waals surface area contributed by atoms with Gasteiger partial charge in [0, 0.05) is 33.1 Å². The molecule has 68 heavy (non-hydrogen) atoms. The Morgan fingerprint density at radius 3 is 1.68 bits per heavy atom. The van der Waals surface area contributed by atoms with Gasteiger partial charge in [0.25, 0.3) is 0 Å². The Bertz CT molecular complexity index is 3550. The van der Waals surface area contributed by atoms with Crippen LogP contribution in [0.3, 0.4) is 0 Å². The van der Waals surface area contributed by atoms with Crippen molar-refractivity contribution in [1.29, 1.82) is 0 Å². The van der Waals surface area contributed by atoms with Crippen molar-refractivity contribution in [3.8, 4) is 33.4 Å². The molecule has 0 unspecified atom stereocenters. The Labute approximate surface area is 401 Å². The van der Waals surface area contributed by atoms with Crippen LogP contribution in [-0.2, 0) is 21.7 Å². The van der Waals surface area contributed by atoms with E-state index in [-0.39, 0.29) is 16.2 Å². The van der Waals surface area contributed by atoms with Crippen LogP contribution in [0, 0.1) is 0 Å². The summed E-state index contributed by atoms with van der Waals surface area (Å²) in [4.78, 5) is 2.51. The topological polar surface area (TPSA) is 16.4 Å². The van der Waals surface area contributed by atoms with Crippen LogP contribution < -0.4 is 4.90 Å². The monoisotopic (exact) mass is 879 g/mol. The van der Waals surface area contributed by atoms with E-state index >= 15 is 0 Å². The highest BCUT2D eigenvalue weighted by Crippen LogP contribution is 2.59. The first-order chi connectivity index (χ1) is 32.7. The molecule has 0 amide bonds. The molecule has 2 aliphatic carbocycles. The number of benzene rings is 9. The molecule has 1 heterocycles. The van der Waals surface area contributed by atoms with Crippen molar-refractivity contribution < 1.29 is 4.42 Å². The van der Waals surface area contributed by atoms with Gasteiger partial charge in [0.2, 0.25) is 0 Å². The van der Waals surface area contributed by atoms with Crippen molar-refractivity contribution in [2.75, 3.05) is 4.90 Å². The van der Waals surface area contributed by atoms with Crippen molar-refractivity contribution in [3.63, 3.8) is 0 Å². The average molecular weight is 880 g/mol. The second-order valence-electron chi connectivity index (χ2n) is 21.7. The van der Waals surface area contributed by atoms with E-state index in [9.17, 15) is 0 Å². The summed E-state index contributed by atoms with van der Waals surface area (Å²) in [5, 5.41) is 2.37. The average Bonchev–Trinajstić information content (AvgIpc) is 3.94. The molecule has 2 nitrogen and oxygen atoms in total. The lowest BCUT2D eigenvalue weighted by Crippen LogP contribution is -2.29. The molecule has 2 aliphatic rings. The Hall–Kier alpha value is -7.42. The molecule has 9 aromatic carbocycles. The fraction of sp³-hybridized carbons (Fsp3) is 0.182.